The summed E-state index contributed by atoms with van der Waals surface area (Å²) in [6.45, 7) is 0. The third kappa shape index (κ3) is 2.56. The van der Waals surface area contributed by atoms with E-state index in [9.17, 15) is 13.2 Å². The van der Waals surface area contributed by atoms with Gasteiger partial charge in [0, 0.05) is 16.1 Å². The summed E-state index contributed by atoms with van der Waals surface area (Å²) in [5.74, 6) is 0.745. The third-order valence-corrected chi connectivity index (χ3v) is 4.15. The summed E-state index contributed by atoms with van der Waals surface area (Å²) in [5, 5.41) is 11.1. The first-order chi connectivity index (χ1) is 10.9. The van der Waals surface area contributed by atoms with E-state index in [1.165, 1.54) is 10.8 Å². The Morgan fingerprint density at radius 3 is 2.61 bits per heavy atom. The summed E-state index contributed by atoms with van der Waals surface area (Å²) in [7, 11) is 0. The molecule has 0 atom stereocenters. The van der Waals surface area contributed by atoms with Gasteiger partial charge in [-0.1, -0.05) is 0 Å². The zero-order valence-electron chi connectivity index (χ0n) is 11.4. The second-order valence-electron chi connectivity index (χ2n) is 5.24. The van der Waals surface area contributed by atoms with Gasteiger partial charge in [0.15, 0.2) is 5.69 Å². The summed E-state index contributed by atoms with van der Waals surface area (Å²) in [6, 6.07) is 2.68. The minimum atomic E-state index is -4.55. The van der Waals surface area contributed by atoms with E-state index in [1.807, 2.05) is 0 Å². The highest BCUT2D eigenvalue weighted by molar-refractivity contribution is 9.10. The molecule has 0 bridgehead atoms. The SMILES string of the molecule is FC(F)(F)c1cc(Br)c(-c2cc(C3CC3)nc3ncnn23)nn1. The molecule has 3 aromatic rings. The third-order valence-electron chi connectivity index (χ3n) is 3.55. The number of hydrogen-bond donors (Lipinski definition) is 0. The summed E-state index contributed by atoms with van der Waals surface area (Å²) in [6.07, 6.45) is -1.13. The number of fused-ring (bicyclic) bond motifs is 1. The van der Waals surface area contributed by atoms with Crippen LogP contribution in [0.3, 0.4) is 0 Å². The van der Waals surface area contributed by atoms with Gasteiger partial charge in [-0.3, -0.25) is 0 Å². The average Bonchev–Trinajstić information content (AvgIpc) is 3.23. The lowest BCUT2D eigenvalue weighted by Crippen LogP contribution is -2.10. The van der Waals surface area contributed by atoms with Crippen molar-refractivity contribution in [2.75, 3.05) is 0 Å². The van der Waals surface area contributed by atoms with Gasteiger partial charge in [0.05, 0.1) is 5.69 Å². The highest BCUT2D eigenvalue weighted by Crippen LogP contribution is 2.40. The molecule has 3 aromatic heterocycles. The van der Waals surface area contributed by atoms with Crippen molar-refractivity contribution in [3.05, 3.63) is 34.3 Å². The van der Waals surface area contributed by atoms with E-state index in [0.29, 0.717) is 17.4 Å². The fraction of sp³-hybridized carbons (Fsp3) is 0.308. The van der Waals surface area contributed by atoms with Crippen LogP contribution in [0.1, 0.15) is 30.1 Å². The van der Waals surface area contributed by atoms with Crippen molar-refractivity contribution >= 4 is 21.7 Å². The van der Waals surface area contributed by atoms with Gasteiger partial charge in [-0.2, -0.15) is 27.8 Å². The van der Waals surface area contributed by atoms with Crippen molar-refractivity contribution < 1.29 is 13.2 Å². The van der Waals surface area contributed by atoms with Crippen molar-refractivity contribution in [2.24, 2.45) is 0 Å². The van der Waals surface area contributed by atoms with Crippen LogP contribution in [0.2, 0.25) is 0 Å². The number of hydrogen-bond acceptors (Lipinski definition) is 5. The summed E-state index contributed by atoms with van der Waals surface area (Å²) in [4.78, 5) is 8.48. The largest absolute Gasteiger partial charge is 0.435 e. The van der Waals surface area contributed by atoms with E-state index in [0.717, 1.165) is 24.6 Å². The fourth-order valence-corrected chi connectivity index (χ4v) is 2.77. The van der Waals surface area contributed by atoms with E-state index in [4.69, 9.17) is 0 Å². The van der Waals surface area contributed by atoms with Crippen LogP contribution < -0.4 is 0 Å². The molecule has 1 saturated carbocycles. The number of rotatable bonds is 2. The molecule has 1 fully saturated rings. The summed E-state index contributed by atoms with van der Waals surface area (Å²) >= 11 is 3.14. The van der Waals surface area contributed by atoms with Crippen molar-refractivity contribution in [3.8, 4) is 11.4 Å². The smallest absolute Gasteiger partial charge is 0.216 e. The molecule has 0 amide bonds. The first kappa shape index (κ1) is 14.5. The quantitative estimate of drug-likeness (QED) is 0.678. The molecule has 0 saturated heterocycles. The molecule has 0 unspecified atom stereocenters. The van der Waals surface area contributed by atoms with Crippen LogP contribution in [0.4, 0.5) is 13.2 Å². The van der Waals surface area contributed by atoms with Crippen molar-refractivity contribution in [1.29, 1.82) is 0 Å². The first-order valence-corrected chi connectivity index (χ1v) is 7.54. The van der Waals surface area contributed by atoms with Crippen molar-refractivity contribution in [2.45, 2.75) is 24.9 Å². The molecule has 6 nitrogen and oxygen atoms in total. The van der Waals surface area contributed by atoms with Gasteiger partial charge in [-0.25, -0.2) is 4.98 Å². The Kier molecular flexibility index (Phi) is 3.12. The molecule has 0 spiro atoms. The monoisotopic (exact) mass is 384 g/mol. The molecular weight excluding hydrogens is 377 g/mol. The molecule has 118 valence electrons. The zero-order valence-corrected chi connectivity index (χ0v) is 13.0. The molecule has 4 rings (SSSR count). The number of halogens is 4. The maximum Gasteiger partial charge on any atom is 0.435 e. The standard InChI is InChI=1S/C13H8BrF3N6/c14-7-3-10(13(15,16)17)21-22-11(7)9-4-8(6-1-2-6)20-12-18-5-19-23(9)12/h3-6H,1-2H2. The lowest BCUT2D eigenvalue weighted by molar-refractivity contribution is -0.141. The predicted octanol–water partition coefficient (Wildman–Crippen LogP) is 3.24. The fourth-order valence-electron chi connectivity index (χ4n) is 2.27. The van der Waals surface area contributed by atoms with E-state index >= 15 is 0 Å². The normalized spacial score (nSPS) is 15.3. The minimum absolute atomic E-state index is 0.185. The van der Waals surface area contributed by atoms with Crippen LogP contribution in [0.5, 0.6) is 0 Å². The molecule has 0 aliphatic heterocycles. The Labute approximate surface area is 135 Å². The van der Waals surface area contributed by atoms with Gasteiger partial charge >= 0.3 is 6.18 Å². The topological polar surface area (TPSA) is 68.9 Å². The Balaban J connectivity index is 1.90. The average molecular weight is 385 g/mol. The molecule has 0 radical (unpaired) electrons. The second-order valence-corrected chi connectivity index (χ2v) is 6.09. The molecule has 3 heterocycles. The van der Waals surface area contributed by atoms with Gasteiger partial charge in [-0.15, -0.1) is 10.2 Å². The second kappa shape index (κ2) is 4.95. The van der Waals surface area contributed by atoms with Gasteiger partial charge in [0.25, 0.3) is 5.78 Å². The lowest BCUT2D eigenvalue weighted by atomic mass is 10.2. The molecular formula is C13H8BrF3N6. The van der Waals surface area contributed by atoms with E-state index < -0.39 is 11.9 Å². The highest BCUT2D eigenvalue weighted by Gasteiger charge is 2.34. The first-order valence-electron chi connectivity index (χ1n) is 6.75. The molecule has 1 aliphatic rings. The maximum atomic E-state index is 12.7. The molecule has 23 heavy (non-hydrogen) atoms. The van der Waals surface area contributed by atoms with Gasteiger partial charge in [0.1, 0.15) is 12.0 Å². The Bertz CT molecular complexity index is 902. The van der Waals surface area contributed by atoms with E-state index in [2.05, 4.69) is 41.2 Å². The van der Waals surface area contributed by atoms with Gasteiger partial charge in [0.2, 0.25) is 0 Å². The Morgan fingerprint density at radius 1 is 1.17 bits per heavy atom. The molecule has 10 heteroatoms. The van der Waals surface area contributed by atoms with Gasteiger partial charge < -0.3 is 0 Å². The molecule has 0 N–H and O–H groups in total. The van der Waals surface area contributed by atoms with Crippen molar-refractivity contribution in [3.63, 3.8) is 0 Å². The van der Waals surface area contributed by atoms with E-state index in [1.54, 1.807) is 6.07 Å². The van der Waals surface area contributed by atoms with Crippen LogP contribution in [-0.2, 0) is 6.18 Å². The van der Waals surface area contributed by atoms with Crippen molar-refractivity contribution in [1.82, 2.24) is 29.8 Å². The minimum Gasteiger partial charge on any atom is -0.216 e. The van der Waals surface area contributed by atoms with Crippen LogP contribution in [0.15, 0.2) is 22.9 Å². The highest BCUT2D eigenvalue weighted by atomic mass is 79.9. The molecule has 1 aliphatic carbocycles. The zero-order chi connectivity index (χ0) is 16.2. The predicted molar refractivity (Wildman–Crippen MR) is 76.5 cm³/mol. The maximum absolute atomic E-state index is 12.7. The molecule has 0 aromatic carbocycles. The van der Waals surface area contributed by atoms with Crippen LogP contribution >= 0.6 is 15.9 Å². The Morgan fingerprint density at radius 2 is 1.96 bits per heavy atom. The van der Waals surface area contributed by atoms with Crippen LogP contribution in [0.25, 0.3) is 17.2 Å². The summed E-state index contributed by atoms with van der Waals surface area (Å²) < 4.78 is 39.8. The number of aromatic nitrogens is 6. The van der Waals surface area contributed by atoms with E-state index in [-0.39, 0.29) is 10.2 Å². The number of nitrogens with zero attached hydrogens (tertiary/aromatic N) is 6. The number of alkyl halides is 3. The van der Waals surface area contributed by atoms with Gasteiger partial charge in [-0.05, 0) is 40.9 Å². The Hall–Kier alpha value is -2.10. The lowest BCUT2D eigenvalue weighted by Gasteiger charge is -2.10. The van der Waals surface area contributed by atoms with Crippen LogP contribution in [-0.4, -0.2) is 29.8 Å². The van der Waals surface area contributed by atoms with Crippen LogP contribution in [0, 0.1) is 0 Å². The summed E-state index contributed by atoms with van der Waals surface area (Å²) in [5.41, 5.74) is 0.550.